The number of nitrogens with one attached hydrogen (secondary N) is 2. The molecule has 1 aromatic rings. The molecule has 186 valence electrons. The number of hydrogen-bond donors (Lipinski definition) is 2. The molecule has 0 aromatic heterocycles. The molecule has 10 nitrogen and oxygen atoms in total. The van der Waals surface area contributed by atoms with E-state index in [1.807, 2.05) is 0 Å². The summed E-state index contributed by atoms with van der Waals surface area (Å²) in [4.78, 5) is 66.7. The predicted octanol–water partition coefficient (Wildman–Crippen LogP) is 2.33. The minimum atomic E-state index is -1.01. The molecule has 2 N–H and O–H groups in total. The van der Waals surface area contributed by atoms with E-state index in [2.05, 4.69) is 17.6 Å². The van der Waals surface area contributed by atoms with Crippen molar-refractivity contribution in [3.63, 3.8) is 0 Å². The van der Waals surface area contributed by atoms with Crippen molar-refractivity contribution in [3.05, 3.63) is 24.3 Å². The van der Waals surface area contributed by atoms with Crippen LogP contribution in [0.2, 0.25) is 0 Å². The summed E-state index contributed by atoms with van der Waals surface area (Å²) in [7, 11) is 0. The lowest BCUT2D eigenvalue weighted by Crippen LogP contribution is -2.61. The number of hydrogen-bond acceptors (Lipinski definition) is 6. The topological polar surface area (TPSA) is 125 Å². The number of imide groups is 1. The molecule has 1 saturated heterocycles. The first-order chi connectivity index (χ1) is 16.8. The van der Waals surface area contributed by atoms with E-state index in [4.69, 9.17) is 4.74 Å². The highest BCUT2D eigenvalue weighted by Crippen LogP contribution is 2.45. The number of para-hydroxylation sites is 2. The van der Waals surface area contributed by atoms with E-state index in [-0.39, 0.29) is 5.91 Å². The van der Waals surface area contributed by atoms with Crippen LogP contribution in [0.5, 0.6) is 0 Å². The third-order valence-electron chi connectivity index (χ3n) is 7.94. The Kier molecular flexibility index (Phi) is 5.77. The number of benzene rings is 1. The number of carbonyl (C=O) groups is 5. The number of anilines is 2. The van der Waals surface area contributed by atoms with Crippen molar-refractivity contribution in [1.82, 2.24) is 10.2 Å². The molecule has 2 saturated carbocycles. The lowest BCUT2D eigenvalue weighted by atomic mass is 9.77. The van der Waals surface area contributed by atoms with Gasteiger partial charge in [0.05, 0.1) is 11.4 Å². The zero-order valence-corrected chi connectivity index (χ0v) is 19.8. The SMILES string of the molecule is CC1CCC2(CC1)NC(=O)N(CC(=O)OCC(=O)N1c3ccccc3NC(=O)C13CCCC3)C2=O. The Morgan fingerprint density at radius 3 is 2.46 bits per heavy atom. The van der Waals surface area contributed by atoms with E-state index in [0.29, 0.717) is 43.0 Å². The molecule has 0 bridgehead atoms. The van der Waals surface area contributed by atoms with E-state index in [0.717, 1.165) is 30.6 Å². The van der Waals surface area contributed by atoms with Gasteiger partial charge >= 0.3 is 12.0 Å². The predicted molar refractivity (Wildman–Crippen MR) is 125 cm³/mol. The van der Waals surface area contributed by atoms with Gasteiger partial charge in [-0.15, -0.1) is 0 Å². The molecule has 1 aromatic carbocycles. The lowest BCUT2D eigenvalue weighted by Gasteiger charge is -2.44. The standard InChI is InChI=1S/C25H30N4O6/c1-16-8-12-24(13-9-16)22(33)28(23(34)27-24)14-20(31)35-15-19(30)29-18-7-3-2-6-17(18)26-21(32)25(29)10-4-5-11-25/h2-3,6-7,16H,4-5,8-15H2,1H3,(H,26,32)(H,27,34). The molecule has 2 aliphatic carbocycles. The summed E-state index contributed by atoms with van der Waals surface area (Å²) in [6, 6.07) is 6.42. The summed E-state index contributed by atoms with van der Waals surface area (Å²) in [6.45, 7) is 0.965. The smallest absolute Gasteiger partial charge is 0.326 e. The molecule has 2 aliphatic heterocycles. The highest BCUT2D eigenvalue weighted by molar-refractivity contribution is 6.15. The van der Waals surface area contributed by atoms with Gasteiger partial charge in [-0.1, -0.05) is 31.9 Å². The number of urea groups is 1. The number of carbonyl (C=O) groups excluding carboxylic acids is 5. The van der Waals surface area contributed by atoms with E-state index in [1.54, 1.807) is 24.3 Å². The molecular formula is C25H30N4O6. The molecule has 3 fully saturated rings. The lowest BCUT2D eigenvalue weighted by molar-refractivity contribution is -0.151. The average Bonchev–Trinajstić information content (AvgIpc) is 3.41. The van der Waals surface area contributed by atoms with Crippen molar-refractivity contribution in [2.75, 3.05) is 23.4 Å². The minimum absolute atomic E-state index is 0.236. The maximum atomic E-state index is 13.3. The van der Waals surface area contributed by atoms with Gasteiger partial charge in [0.15, 0.2) is 6.61 Å². The Morgan fingerprint density at radius 2 is 1.74 bits per heavy atom. The van der Waals surface area contributed by atoms with Gasteiger partial charge < -0.3 is 15.4 Å². The molecule has 0 radical (unpaired) electrons. The molecule has 10 heteroatoms. The van der Waals surface area contributed by atoms with Gasteiger partial charge in [0.1, 0.15) is 17.6 Å². The first-order valence-corrected chi connectivity index (χ1v) is 12.3. The van der Waals surface area contributed by atoms with E-state index in [9.17, 15) is 24.0 Å². The highest BCUT2D eigenvalue weighted by atomic mass is 16.5. The van der Waals surface area contributed by atoms with Crippen molar-refractivity contribution in [2.45, 2.75) is 69.4 Å². The number of fused-ring (bicyclic) bond motifs is 1. The Bertz CT molecular complexity index is 1090. The van der Waals surface area contributed by atoms with E-state index in [1.165, 1.54) is 4.90 Å². The second-order valence-corrected chi connectivity index (χ2v) is 10.2. The van der Waals surface area contributed by atoms with Crippen molar-refractivity contribution >= 4 is 41.1 Å². The molecule has 2 spiro atoms. The Hall–Kier alpha value is -3.43. The second kappa shape index (κ2) is 8.66. The molecule has 0 unspecified atom stereocenters. The number of nitrogens with zero attached hydrogens (tertiary/aromatic N) is 2. The van der Waals surface area contributed by atoms with E-state index >= 15 is 0 Å². The third-order valence-corrected chi connectivity index (χ3v) is 7.94. The monoisotopic (exact) mass is 482 g/mol. The van der Waals surface area contributed by atoms with Gasteiger partial charge in [0.2, 0.25) is 0 Å². The maximum Gasteiger partial charge on any atom is 0.326 e. The quantitative estimate of drug-likeness (QED) is 0.501. The molecule has 35 heavy (non-hydrogen) atoms. The first kappa shape index (κ1) is 23.3. The highest BCUT2D eigenvalue weighted by Gasteiger charge is 2.54. The molecule has 4 aliphatic rings. The fourth-order valence-corrected chi connectivity index (χ4v) is 5.92. The Balaban J connectivity index is 1.26. The molecule has 5 amide bonds. The van der Waals surface area contributed by atoms with Gasteiger partial charge in [0, 0.05) is 0 Å². The normalized spacial score (nSPS) is 27.1. The van der Waals surface area contributed by atoms with Crippen LogP contribution in [0.25, 0.3) is 0 Å². The molecular weight excluding hydrogens is 452 g/mol. The molecule has 2 heterocycles. The fourth-order valence-electron chi connectivity index (χ4n) is 5.92. The summed E-state index contributed by atoms with van der Waals surface area (Å²) in [6.07, 6.45) is 5.41. The van der Waals surface area contributed by atoms with Gasteiger partial charge in [-0.25, -0.2) is 4.79 Å². The van der Waals surface area contributed by atoms with Gasteiger partial charge in [-0.2, -0.15) is 0 Å². The summed E-state index contributed by atoms with van der Waals surface area (Å²) >= 11 is 0. The van der Waals surface area contributed by atoms with Crippen LogP contribution in [0, 0.1) is 5.92 Å². The average molecular weight is 483 g/mol. The molecule has 5 rings (SSSR count). The first-order valence-electron chi connectivity index (χ1n) is 12.3. The third kappa shape index (κ3) is 3.84. The van der Waals surface area contributed by atoms with Crippen molar-refractivity contribution in [1.29, 1.82) is 0 Å². The van der Waals surface area contributed by atoms with Crippen LogP contribution in [-0.2, 0) is 23.9 Å². The van der Waals surface area contributed by atoms with Crippen molar-refractivity contribution < 1.29 is 28.7 Å². The van der Waals surface area contributed by atoms with Crippen LogP contribution >= 0.6 is 0 Å². The largest absolute Gasteiger partial charge is 0.454 e. The zero-order valence-electron chi connectivity index (χ0n) is 19.8. The van der Waals surface area contributed by atoms with Crippen LogP contribution in [-0.4, -0.2) is 58.9 Å². The number of amides is 5. The fraction of sp³-hybridized carbons (Fsp3) is 0.560. The summed E-state index contributed by atoms with van der Waals surface area (Å²) in [5, 5.41) is 5.67. The van der Waals surface area contributed by atoms with Crippen LogP contribution < -0.4 is 15.5 Å². The summed E-state index contributed by atoms with van der Waals surface area (Å²) < 4.78 is 5.23. The van der Waals surface area contributed by atoms with E-state index < -0.39 is 48.0 Å². The number of rotatable bonds is 4. The maximum absolute atomic E-state index is 13.3. The van der Waals surface area contributed by atoms with Crippen LogP contribution in [0.1, 0.15) is 58.3 Å². The summed E-state index contributed by atoms with van der Waals surface area (Å²) in [5.74, 6) is -1.53. The second-order valence-electron chi connectivity index (χ2n) is 10.2. The number of esters is 1. The molecule has 0 atom stereocenters. The minimum Gasteiger partial charge on any atom is -0.454 e. The zero-order chi connectivity index (χ0) is 24.8. The van der Waals surface area contributed by atoms with Gasteiger partial charge in [-0.05, 0) is 56.6 Å². The van der Waals surface area contributed by atoms with Gasteiger partial charge in [0.25, 0.3) is 17.7 Å². The van der Waals surface area contributed by atoms with Crippen molar-refractivity contribution in [3.8, 4) is 0 Å². The van der Waals surface area contributed by atoms with Crippen LogP contribution in [0.4, 0.5) is 16.2 Å². The summed E-state index contributed by atoms with van der Waals surface area (Å²) in [5.41, 5.74) is -0.856. The van der Waals surface area contributed by atoms with Gasteiger partial charge in [-0.3, -0.25) is 29.0 Å². The van der Waals surface area contributed by atoms with Crippen LogP contribution in [0.15, 0.2) is 24.3 Å². The Morgan fingerprint density at radius 1 is 1.06 bits per heavy atom. The van der Waals surface area contributed by atoms with Crippen molar-refractivity contribution in [2.24, 2.45) is 5.92 Å². The van der Waals surface area contributed by atoms with Crippen LogP contribution in [0.3, 0.4) is 0 Å². The Labute approximate surface area is 203 Å². The number of ether oxygens (including phenoxy) is 1.